The van der Waals surface area contributed by atoms with Crippen LogP contribution < -0.4 is 5.73 Å². The summed E-state index contributed by atoms with van der Waals surface area (Å²) < 4.78 is 0. The van der Waals surface area contributed by atoms with Crippen molar-refractivity contribution >= 4 is 0 Å². The van der Waals surface area contributed by atoms with Crippen molar-refractivity contribution in [3.8, 4) is 0 Å². The quantitative estimate of drug-likeness (QED) is 0.656. The molecule has 2 N–H and O–H groups in total. The van der Waals surface area contributed by atoms with Crippen LogP contribution in [0.1, 0.15) is 59.8 Å². The molecule has 0 aliphatic heterocycles. The van der Waals surface area contributed by atoms with Crippen LogP contribution in [0.15, 0.2) is 0 Å². The van der Waals surface area contributed by atoms with E-state index in [1.54, 1.807) is 0 Å². The Morgan fingerprint density at radius 3 is 2.38 bits per heavy atom. The van der Waals surface area contributed by atoms with E-state index in [2.05, 4.69) is 39.6 Å². The molecule has 16 heavy (non-hydrogen) atoms. The van der Waals surface area contributed by atoms with Crippen LogP contribution in [0, 0.1) is 5.41 Å². The van der Waals surface area contributed by atoms with Crippen molar-refractivity contribution in [2.45, 2.75) is 65.8 Å². The summed E-state index contributed by atoms with van der Waals surface area (Å²) in [5.74, 6) is 0. The predicted molar refractivity (Wildman–Crippen MR) is 73.7 cm³/mol. The van der Waals surface area contributed by atoms with Gasteiger partial charge in [0.15, 0.2) is 0 Å². The summed E-state index contributed by atoms with van der Waals surface area (Å²) in [4.78, 5) is 2.44. The maximum absolute atomic E-state index is 5.94. The second-order valence-electron chi connectivity index (χ2n) is 5.96. The smallest absolute Gasteiger partial charge is 0.00483 e. The molecule has 0 spiro atoms. The molecule has 98 valence electrons. The first kappa shape index (κ1) is 15.9. The second kappa shape index (κ2) is 8.08. The van der Waals surface area contributed by atoms with E-state index in [4.69, 9.17) is 5.73 Å². The minimum absolute atomic E-state index is 0.376. The molecule has 0 heterocycles. The molecular formula is C14H32N2. The second-order valence-corrected chi connectivity index (χ2v) is 5.96. The van der Waals surface area contributed by atoms with E-state index in [9.17, 15) is 0 Å². The van der Waals surface area contributed by atoms with E-state index < -0.39 is 0 Å². The van der Waals surface area contributed by atoms with Gasteiger partial charge in [-0.1, -0.05) is 40.5 Å². The lowest BCUT2D eigenvalue weighted by atomic mass is 9.86. The summed E-state index contributed by atoms with van der Waals surface area (Å²) in [6.45, 7) is 11.5. The highest BCUT2D eigenvalue weighted by atomic mass is 15.1. The van der Waals surface area contributed by atoms with Gasteiger partial charge in [-0.25, -0.2) is 0 Å². The molecule has 0 aromatic carbocycles. The predicted octanol–water partition coefficient (Wildman–Crippen LogP) is 3.26. The SMILES string of the molecule is CCCCC(C)(C)CN(C)CCC(N)CC. The van der Waals surface area contributed by atoms with Gasteiger partial charge in [-0.2, -0.15) is 0 Å². The van der Waals surface area contributed by atoms with E-state index in [1.165, 1.54) is 25.8 Å². The monoisotopic (exact) mass is 228 g/mol. The molecule has 0 rings (SSSR count). The Morgan fingerprint density at radius 1 is 1.25 bits per heavy atom. The molecule has 0 fully saturated rings. The first-order chi connectivity index (χ1) is 7.41. The average Bonchev–Trinajstić information content (AvgIpc) is 2.22. The van der Waals surface area contributed by atoms with Crippen molar-refractivity contribution in [2.24, 2.45) is 11.1 Å². The zero-order valence-corrected chi connectivity index (χ0v) is 12.1. The van der Waals surface area contributed by atoms with Crippen molar-refractivity contribution in [3.05, 3.63) is 0 Å². The van der Waals surface area contributed by atoms with Crippen molar-refractivity contribution in [2.75, 3.05) is 20.1 Å². The van der Waals surface area contributed by atoms with Gasteiger partial charge >= 0.3 is 0 Å². The molecule has 0 amide bonds. The summed E-state index contributed by atoms with van der Waals surface area (Å²) in [5.41, 5.74) is 6.38. The summed E-state index contributed by atoms with van der Waals surface area (Å²) in [7, 11) is 2.22. The van der Waals surface area contributed by atoms with E-state index in [1.807, 2.05) is 0 Å². The Bertz CT molecular complexity index is 166. The number of nitrogens with zero attached hydrogens (tertiary/aromatic N) is 1. The van der Waals surface area contributed by atoms with Crippen molar-refractivity contribution < 1.29 is 0 Å². The van der Waals surface area contributed by atoms with E-state index in [-0.39, 0.29) is 0 Å². The van der Waals surface area contributed by atoms with Gasteiger partial charge in [0.1, 0.15) is 0 Å². The number of hydrogen-bond donors (Lipinski definition) is 1. The molecule has 1 atom stereocenters. The van der Waals surface area contributed by atoms with Gasteiger partial charge in [-0.15, -0.1) is 0 Å². The molecule has 0 aliphatic carbocycles. The third-order valence-electron chi connectivity index (χ3n) is 3.31. The molecular weight excluding hydrogens is 196 g/mol. The fourth-order valence-corrected chi connectivity index (χ4v) is 2.13. The van der Waals surface area contributed by atoms with Gasteiger partial charge < -0.3 is 10.6 Å². The van der Waals surface area contributed by atoms with Crippen LogP contribution >= 0.6 is 0 Å². The molecule has 2 nitrogen and oxygen atoms in total. The van der Waals surface area contributed by atoms with Gasteiger partial charge in [0.2, 0.25) is 0 Å². The molecule has 1 unspecified atom stereocenters. The first-order valence-corrected chi connectivity index (χ1v) is 6.85. The van der Waals surface area contributed by atoms with Crippen LogP contribution in [0.2, 0.25) is 0 Å². The first-order valence-electron chi connectivity index (χ1n) is 6.85. The lowest BCUT2D eigenvalue weighted by molar-refractivity contribution is 0.190. The molecule has 0 aromatic heterocycles. The molecule has 2 heteroatoms. The lowest BCUT2D eigenvalue weighted by Crippen LogP contribution is -2.34. The minimum atomic E-state index is 0.376. The molecule has 0 saturated carbocycles. The number of hydrogen-bond acceptors (Lipinski definition) is 2. The minimum Gasteiger partial charge on any atom is -0.328 e. The summed E-state index contributed by atoms with van der Waals surface area (Å²) in [6, 6.07) is 0.376. The zero-order valence-electron chi connectivity index (χ0n) is 12.1. The van der Waals surface area contributed by atoms with E-state index in [0.717, 1.165) is 19.4 Å². The van der Waals surface area contributed by atoms with Gasteiger partial charge in [-0.05, 0) is 38.3 Å². The standard InChI is InChI=1S/C14H32N2/c1-6-8-10-14(3,4)12-16(5)11-9-13(15)7-2/h13H,6-12,15H2,1-5H3. The maximum Gasteiger partial charge on any atom is 0.00483 e. The summed E-state index contributed by atoms with van der Waals surface area (Å²) in [5, 5.41) is 0. The summed E-state index contributed by atoms with van der Waals surface area (Å²) in [6.07, 6.45) is 6.18. The molecule has 0 aliphatic rings. The molecule has 0 saturated heterocycles. The highest BCUT2D eigenvalue weighted by molar-refractivity contribution is 4.73. The normalized spacial score (nSPS) is 14.4. The van der Waals surface area contributed by atoms with Crippen LogP contribution in [-0.2, 0) is 0 Å². The van der Waals surface area contributed by atoms with E-state index in [0.29, 0.717) is 11.5 Å². The molecule has 0 radical (unpaired) electrons. The molecule has 0 bridgehead atoms. The van der Waals surface area contributed by atoms with Gasteiger partial charge in [0.25, 0.3) is 0 Å². The van der Waals surface area contributed by atoms with Crippen molar-refractivity contribution in [1.82, 2.24) is 4.90 Å². The highest BCUT2D eigenvalue weighted by Gasteiger charge is 2.19. The van der Waals surface area contributed by atoms with Crippen molar-refractivity contribution in [3.63, 3.8) is 0 Å². The number of rotatable bonds is 9. The fraction of sp³-hybridized carbons (Fsp3) is 1.00. The Labute approximate surface area is 103 Å². The van der Waals surface area contributed by atoms with E-state index >= 15 is 0 Å². The van der Waals surface area contributed by atoms with Crippen LogP contribution in [0.4, 0.5) is 0 Å². The lowest BCUT2D eigenvalue weighted by Gasteiger charge is -2.30. The Morgan fingerprint density at radius 2 is 1.88 bits per heavy atom. The Balaban J connectivity index is 3.79. The average molecular weight is 228 g/mol. The topological polar surface area (TPSA) is 29.3 Å². The fourth-order valence-electron chi connectivity index (χ4n) is 2.13. The van der Waals surface area contributed by atoms with Gasteiger partial charge in [0, 0.05) is 12.6 Å². The summed E-state index contributed by atoms with van der Waals surface area (Å²) >= 11 is 0. The van der Waals surface area contributed by atoms with Gasteiger partial charge in [-0.3, -0.25) is 0 Å². The zero-order chi connectivity index (χ0) is 12.6. The number of unbranched alkanes of at least 4 members (excludes halogenated alkanes) is 1. The third kappa shape index (κ3) is 8.12. The Hall–Kier alpha value is -0.0800. The van der Waals surface area contributed by atoms with Crippen LogP contribution in [0.5, 0.6) is 0 Å². The highest BCUT2D eigenvalue weighted by Crippen LogP contribution is 2.24. The van der Waals surface area contributed by atoms with Gasteiger partial charge in [0.05, 0.1) is 0 Å². The van der Waals surface area contributed by atoms with Crippen molar-refractivity contribution in [1.29, 1.82) is 0 Å². The van der Waals surface area contributed by atoms with Crippen LogP contribution in [0.25, 0.3) is 0 Å². The van der Waals surface area contributed by atoms with Crippen LogP contribution in [0.3, 0.4) is 0 Å². The maximum atomic E-state index is 5.94. The van der Waals surface area contributed by atoms with Crippen LogP contribution in [-0.4, -0.2) is 31.1 Å². The Kier molecular flexibility index (Phi) is 8.04. The largest absolute Gasteiger partial charge is 0.328 e. The molecule has 0 aromatic rings. The number of nitrogens with two attached hydrogens (primary N) is 1. The third-order valence-corrected chi connectivity index (χ3v) is 3.31.